The van der Waals surface area contributed by atoms with E-state index in [-0.39, 0.29) is 5.91 Å². The molecule has 0 atom stereocenters. The molecule has 2 heteroatoms. The first-order chi connectivity index (χ1) is 9.06. The Labute approximate surface area is 109 Å². The molecule has 0 radical (unpaired) electrons. The van der Waals surface area contributed by atoms with Gasteiger partial charge in [0, 0.05) is 6.42 Å². The minimum absolute atomic E-state index is 0.308. The number of nitrogens with two attached hydrogens (primary N) is 1. The number of rotatable bonds is 4. The van der Waals surface area contributed by atoms with Crippen LogP contribution in [0.5, 0.6) is 0 Å². The summed E-state index contributed by atoms with van der Waals surface area (Å²) in [6.07, 6.45) is 0.883. The molecule has 0 aliphatic carbocycles. The lowest BCUT2D eigenvalue weighted by Crippen LogP contribution is -2.11. The highest BCUT2D eigenvalue weighted by Crippen LogP contribution is 2.25. The summed E-state index contributed by atoms with van der Waals surface area (Å²) in [6.45, 7) is 2.05. The average molecular weight is 240 g/mol. The molecule has 2 rings (SSSR count). The minimum Gasteiger partial charge on any atom is -0.370 e. The number of carbonyl (C=O) groups excluding carboxylic acids is 1. The molecule has 0 spiro atoms. The lowest BCUT2D eigenvalue weighted by atomic mass is 9.96. The van der Waals surface area contributed by atoms with Crippen molar-refractivity contribution in [3.05, 3.63) is 59.6 Å². The zero-order valence-electron chi connectivity index (χ0n) is 11.4. The Bertz CT molecular complexity index is 607. The van der Waals surface area contributed by atoms with E-state index < -0.39 is 0 Å². The summed E-state index contributed by atoms with van der Waals surface area (Å²) in [5.74, 6) is -0.314. The maximum atomic E-state index is 10.9. The third kappa shape index (κ3) is 2.98. The highest BCUT2D eigenvalue weighted by molar-refractivity contribution is 5.75. The van der Waals surface area contributed by atoms with E-state index in [0.29, 0.717) is 18.9 Å². The Morgan fingerprint density at radius 3 is 2.83 bits per heavy atom. The molecular formula is C16H17NO. The van der Waals surface area contributed by atoms with Gasteiger partial charge in [-0.15, -0.1) is 0 Å². The van der Waals surface area contributed by atoms with Gasteiger partial charge in [0.1, 0.15) is 0 Å². The second-order valence-corrected chi connectivity index (χ2v) is 4.42. The molecule has 0 bridgehead atoms. The summed E-state index contributed by atoms with van der Waals surface area (Å²) in [5.41, 5.74) is 9.57. The van der Waals surface area contributed by atoms with Crippen molar-refractivity contribution in [2.75, 3.05) is 0 Å². The third-order valence-corrected chi connectivity index (χ3v) is 2.92. The number of amides is 1. The molecule has 0 saturated carbocycles. The SMILES string of the molecule is [2H]c1ccc(-c2cccc(C)c2)c(CCC(N)=O)c1. The Morgan fingerprint density at radius 2 is 2.11 bits per heavy atom. The first kappa shape index (κ1) is 11.0. The maximum Gasteiger partial charge on any atom is 0.217 e. The Hall–Kier alpha value is -2.09. The van der Waals surface area contributed by atoms with Crippen LogP contribution in [-0.2, 0) is 11.2 Å². The molecule has 2 N–H and O–H groups in total. The molecule has 0 aliphatic heterocycles. The van der Waals surface area contributed by atoms with Gasteiger partial charge in [-0.25, -0.2) is 0 Å². The number of hydrogen-bond donors (Lipinski definition) is 1. The van der Waals surface area contributed by atoms with Crippen LogP contribution in [0.1, 0.15) is 18.9 Å². The van der Waals surface area contributed by atoms with Gasteiger partial charge in [0.05, 0.1) is 1.37 Å². The fourth-order valence-corrected chi connectivity index (χ4v) is 2.02. The Morgan fingerprint density at radius 1 is 1.28 bits per heavy atom. The van der Waals surface area contributed by atoms with Gasteiger partial charge in [0.2, 0.25) is 5.91 Å². The molecule has 2 aromatic carbocycles. The quantitative estimate of drug-likeness (QED) is 0.876. The molecule has 0 saturated heterocycles. The van der Waals surface area contributed by atoms with E-state index in [1.165, 1.54) is 5.56 Å². The maximum absolute atomic E-state index is 10.9. The topological polar surface area (TPSA) is 43.1 Å². The Kier molecular flexibility index (Phi) is 3.37. The van der Waals surface area contributed by atoms with Crippen LogP contribution >= 0.6 is 0 Å². The number of aryl methyl sites for hydroxylation is 2. The molecule has 0 aliphatic rings. The van der Waals surface area contributed by atoms with Gasteiger partial charge in [-0.05, 0) is 30.0 Å². The standard InChI is InChI=1S/C16H17NO/c1-12-5-4-7-14(11-12)15-8-3-2-6-13(15)9-10-16(17)18/h2-8,11H,9-10H2,1H3,(H2,17,18)/i2D. The van der Waals surface area contributed by atoms with Gasteiger partial charge >= 0.3 is 0 Å². The third-order valence-electron chi connectivity index (χ3n) is 2.92. The van der Waals surface area contributed by atoms with Crippen molar-refractivity contribution in [2.24, 2.45) is 5.73 Å². The van der Waals surface area contributed by atoms with Crippen molar-refractivity contribution in [1.29, 1.82) is 0 Å². The van der Waals surface area contributed by atoms with Crippen molar-refractivity contribution in [3.63, 3.8) is 0 Å². The van der Waals surface area contributed by atoms with Crippen molar-refractivity contribution in [1.82, 2.24) is 0 Å². The molecule has 2 aromatic rings. The molecule has 1 amide bonds. The molecule has 2 nitrogen and oxygen atoms in total. The van der Waals surface area contributed by atoms with Crippen LogP contribution in [-0.4, -0.2) is 5.91 Å². The summed E-state index contributed by atoms with van der Waals surface area (Å²) in [6, 6.07) is 14.2. The monoisotopic (exact) mass is 240 g/mol. The highest BCUT2D eigenvalue weighted by atomic mass is 16.1. The predicted octanol–water partition coefficient (Wildman–Crippen LogP) is 3.08. The average Bonchev–Trinajstić information content (AvgIpc) is 2.36. The van der Waals surface area contributed by atoms with E-state index in [4.69, 9.17) is 7.10 Å². The zero-order chi connectivity index (χ0) is 13.8. The van der Waals surface area contributed by atoms with Gasteiger partial charge < -0.3 is 5.73 Å². The first-order valence-electron chi connectivity index (χ1n) is 6.51. The lowest BCUT2D eigenvalue weighted by Gasteiger charge is -2.09. The lowest BCUT2D eigenvalue weighted by molar-refractivity contribution is -0.117. The van der Waals surface area contributed by atoms with E-state index in [1.54, 1.807) is 12.1 Å². The first-order valence-corrected chi connectivity index (χ1v) is 6.01. The van der Waals surface area contributed by atoms with Gasteiger partial charge in [0.15, 0.2) is 0 Å². The van der Waals surface area contributed by atoms with Crippen molar-refractivity contribution in [3.8, 4) is 11.1 Å². The summed E-state index contributed by atoms with van der Waals surface area (Å²) in [4.78, 5) is 10.9. The second kappa shape index (κ2) is 5.50. The fourth-order valence-electron chi connectivity index (χ4n) is 2.02. The number of hydrogen-bond acceptors (Lipinski definition) is 1. The fraction of sp³-hybridized carbons (Fsp3) is 0.188. The number of primary amides is 1. The van der Waals surface area contributed by atoms with Gasteiger partial charge in [-0.2, -0.15) is 0 Å². The van der Waals surface area contributed by atoms with Crippen LogP contribution in [0.3, 0.4) is 0 Å². The van der Waals surface area contributed by atoms with Crippen molar-refractivity contribution < 1.29 is 6.17 Å². The zero-order valence-corrected chi connectivity index (χ0v) is 10.4. The predicted molar refractivity (Wildman–Crippen MR) is 74.1 cm³/mol. The number of benzene rings is 2. The van der Waals surface area contributed by atoms with Crippen LogP contribution in [0.4, 0.5) is 0 Å². The van der Waals surface area contributed by atoms with E-state index in [2.05, 4.69) is 6.07 Å². The summed E-state index contributed by atoms with van der Waals surface area (Å²) >= 11 is 0. The smallest absolute Gasteiger partial charge is 0.217 e. The largest absolute Gasteiger partial charge is 0.370 e. The van der Waals surface area contributed by atoms with Gasteiger partial charge in [-0.1, -0.05) is 54.1 Å². The van der Waals surface area contributed by atoms with Crippen LogP contribution in [0.25, 0.3) is 11.1 Å². The van der Waals surface area contributed by atoms with Crippen LogP contribution in [0.15, 0.2) is 48.5 Å². The summed E-state index contributed by atoms with van der Waals surface area (Å²) in [5, 5.41) is 0. The van der Waals surface area contributed by atoms with Crippen LogP contribution in [0, 0.1) is 6.92 Å². The molecule has 18 heavy (non-hydrogen) atoms. The molecule has 0 fully saturated rings. The number of carbonyl (C=O) groups is 1. The molecule has 0 aromatic heterocycles. The van der Waals surface area contributed by atoms with Gasteiger partial charge in [-0.3, -0.25) is 4.79 Å². The highest BCUT2D eigenvalue weighted by Gasteiger charge is 2.05. The molecule has 92 valence electrons. The Balaban J connectivity index is 2.41. The summed E-state index contributed by atoms with van der Waals surface area (Å²) in [7, 11) is 0. The van der Waals surface area contributed by atoms with Gasteiger partial charge in [0.25, 0.3) is 0 Å². The van der Waals surface area contributed by atoms with Crippen LogP contribution < -0.4 is 5.73 Å². The van der Waals surface area contributed by atoms with Crippen molar-refractivity contribution in [2.45, 2.75) is 19.8 Å². The molecule has 0 heterocycles. The van der Waals surface area contributed by atoms with E-state index in [0.717, 1.165) is 16.7 Å². The molecular weight excluding hydrogens is 222 g/mol. The summed E-state index contributed by atoms with van der Waals surface area (Å²) < 4.78 is 7.71. The normalized spacial score (nSPS) is 11.1. The molecule has 0 unspecified atom stereocenters. The van der Waals surface area contributed by atoms with E-state index in [1.807, 2.05) is 31.2 Å². The van der Waals surface area contributed by atoms with E-state index in [9.17, 15) is 4.79 Å². The second-order valence-electron chi connectivity index (χ2n) is 4.42. The van der Waals surface area contributed by atoms with Crippen LogP contribution in [0.2, 0.25) is 0 Å². The minimum atomic E-state index is -0.314. The van der Waals surface area contributed by atoms with E-state index >= 15 is 0 Å². The van der Waals surface area contributed by atoms with Crippen molar-refractivity contribution >= 4 is 5.91 Å².